The molecule has 1 aliphatic rings. The van der Waals surface area contributed by atoms with Crippen molar-refractivity contribution in [2.24, 2.45) is 0 Å². The second-order valence-electron chi connectivity index (χ2n) is 4.66. The first-order valence-electron chi connectivity index (χ1n) is 6.82. The van der Waals surface area contributed by atoms with Gasteiger partial charge in [-0.2, -0.15) is 0 Å². The molecule has 1 aliphatic heterocycles. The van der Waals surface area contributed by atoms with Crippen LogP contribution >= 0.6 is 0 Å². The largest absolute Gasteiger partial charge is 0.386 e. The molecule has 0 radical (unpaired) electrons. The van der Waals surface area contributed by atoms with Crippen molar-refractivity contribution in [2.75, 3.05) is 50.5 Å². The van der Waals surface area contributed by atoms with Gasteiger partial charge in [-0.05, 0) is 20.0 Å². The van der Waals surface area contributed by atoms with Crippen LogP contribution in [0.1, 0.15) is 12.5 Å². The van der Waals surface area contributed by atoms with Crippen LogP contribution < -0.4 is 10.2 Å². The number of benzene rings is 1. The first-order valence-corrected chi connectivity index (χ1v) is 6.82. The molecule has 2 rings (SSSR count). The quantitative estimate of drug-likeness (QED) is 0.651. The molecular weight excluding hydrogens is 252 g/mol. The Labute approximate surface area is 121 Å². The van der Waals surface area contributed by atoms with Crippen LogP contribution in [0.15, 0.2) is 18.2 Å². The second kappa shape index (κ2) is 8.32. The Kier molecular flexibility index (Phi) is 6.73. The zero-order valence-electron chi connectivity index (χ0n) is 12.5. The van der Waals surface area contributed by atoms with Gasteiger partial charge in [0.25, 0.3) is 0 Å². The zero-order valence-corrected chi connectivity index (χ0v) is 12.5. The third kappa shape index (κ3) is 4.06. The summed E-state index contributed by atoms with van der Waals surface area (Å²) in [5.74, 6) is 0. The van der Waals surface area contributed by atoms with Gasteiger partial charge in [0.15, 0.2) is 0 Å². The van der Waals surface area contributed by atoms with Gasteiger partial charge in [0, 0.05) is 45.0 Å². The summed E-state index contributed by atoms with van der Waals surface area (Å²) in [6, 6.07) is 6.12. The molecule has 2 N–H and O–H groups in total. The van der Waals surface area contributed by atoms with E-state index in [-0.39, 0.29) is 0 Å². The van der Waals surface area contributed by atoms with E-state index in [1.165, 1.54) is 18.8 Å². The number of nitrogens with zero attached hydrogens (tertiary/aromatic N) is 2. The van der Waals surface area contributed by atoms with Crippen molar-refractivity contribution in [2.45, 2.75) is 6.92 Å². The minimum Gasteiger partial charge on any atom is -0.386 e. The SMILES string of the molecule is CC=O.CNc1c(C=N)cccc1N1CCN(C)CC1. The molecular formula is C15H24N4O. The number of piperazine rings is 1. The molecule has 1 fully saturated rings. The van der Waals surface area contributed by atoms with Crippen LogP contribution in [0.25, 0.3) is 0 Å². The summed E-state index contributed by atoms with van der Waals surface area (Å²) in [6.45, 7) is 5.73. The van der Waals surface area contributed by atoms with E-state index in [0.717, 1.165) is 43.7 Å². The van der Waals surface area contributed by atoms with Crippen LogP contribution in [-0.2, 0) is 4.79 Å². The molecule has 1 aromatic rings. The predicted molar refractivity (Wildman–Crippen MR) is 85.3 cm³/mol. The zero-order chi connectivity index (χ0) is 15.0. The Bertz CT molecular complexity index is 439. The standard InChI is InChI=1S/C13H20N4.C2H4O/c1-15-13-11(10-14)4-3-5-12(13)17-8-6-16(2)7-9-17;1-2-3/h3-5,10,14-15H,6-9H2,1-2H3;2H,1H3. The highest BCUT2D eigenvalue weighted by molar-refractivity contribution is 5.91. The third-order valence-corrected chi connectivity index (χ3v) is 3.32. The van der Waals surface area contributed by atoms with Crippen molar-refractivity contribution in [1.29, 1.82) is 5.41 Å². The van der Waals surface area contributed by atoms with Gasteiger partial charge in [-0.3, -0.25) is 0 Å². The van der Waals surface area contributed by atoms with Crippen LogP contribution in [-0.4, -0.2) is 57.7 Å². The maximum Gasteiger partial charge on any atom is 0.116 e. The molecule has 0 aromatic heterocycles. The number of hydrogen-bond acceptors (Lipinski definition) is 5. The van der Waals surface area contributed by atoms with Gasteiger partial charge in [-0.1, -0.05) is 12.1 Å². The monoisotopic (exact) mass is 276 g/mol. The molecule has 0 bridgehead atoms. The summed E-state index contributed by atoms with van der Waals surface area (Å²) in [7, 11) is 4.08. The number of hydrogen-bond donors (Lipinski definition) is 2. The van der Waals surface area contributed by atoms with Gasteiger partial charge < -0.3 is 25.3 Å². The molecule has 1 saturated heterocycles. The van der Waals surface area contributed by atoms with E-state index in [4.69, 9.17) is 10.2 Å². The third-order valence-electron chi connectivity index (χ3n) is 3.32. The van der Waals surface area contributed by atoms with E-state index in [1.807, 2.05) is 19.2 Å². The lowest BCUT2D eigenvalue weighted by molar-refractivity contribution is -0.106. The number of rotatable bonds is 3. The molecule has 5 heteroatoms. The van der Waals surface area contributed by atoms with Crippen LogP contribution in [0.5, 0.6) is 0 Å². The van der Waals surface area contributed by atoms with E-state index < -0.39 is 0 Å². The van der Waals surface area contributed by atoms with Crippen LogP contribution in [0.2, 0.25) is 0 Å². The molecule has 0 atom stereocenters. The highest BCUT2D eigenvalue weighted by Gasteiger charge is 2.17. The average molecular weight is 276 g/mol. The normalized spacial score (nSPS) is 15.1. The molecule has 110 valence electrons. The van der Waals surface area contributed by atoms with Gasteiger partial charge in [0.2, 0.25) is 0 Å². The molecule has 5 nitrogen and oxygen atoms in total. The molecule has 0 amide bonds. The molecule has 0 aliphatic carbocycles. The number of anilines is 2. The molecule has 0 spiro atoms. The van der Waals surface area contributed by atoms with Gasteiger partial charge >= 0.3 is 0 Å². The van der Waals surface area contributed by atoms with E-state index >= 15 is 0 Å². The van der Waals surface area contributed by atoms with E-state index in [1.54, 1.807) is 0 Å². The lowest BCUT2D eigenvalue weighted by Crippen LogP contribution is -2.44. The molecule has 0 unspecified atom stereocenters. The molecule has 1 aromatic carbocycles. The van der Waals surface area contributed by atoms with Crippen LogP contribution in [0.3, 0.4) is 0 Å². The number of likely N-dealkylation sites (N-methyl/N-ethyl adjacent to an activating group) is 1. The number of nitrogens with one attached hydrogen (secondary N) is 2. The molecule has 1 heterocycles. The smallest absolute Gasteiger partial charge is 0.116 e. The topological polar surface area (TPSA) is 59.4 Å². The summed E-state index contributed by atoms with van der Waals surface area (Å²) >= 11 is 0. The fourth-order valence-electron chi connectivity index (χ4n) is 2.26. The van der Waals surface area contributed by atoms with Crippen LogP contribution in [0.4, 0.5) is 11.4 Å². The molecule has 0 saturated carbocycles. The summed E-state index contributed by atoms with van der Waals surface area (Å²) in [6.07, 6.45) is 2.16. The van der Waals surface area contributed by atoms with E-state index in [9.17, 15) is 0 Å². The Balaban J connectivity index is 0.000000612. The Morgan fingerprint density at radius 1 is 1.25 bits per heavy atom. The summed E-state index contributed by atoms with van der Waals surface area (Å²) in [5.41, 5.74) is 3.22. The lowest BCUT2D eigenvalue weighted by atomic mass is 10.1. The highest BCUT2D eigenvalue weighted by atomic mass is 16.1. The maximum absolute atomic E-state index is 8.81. The van der Waals surface area contributed by atoms with Crippen LogP contribution in [0, 0.1) is 5.41 Å². The Morgan fingerprint density at radius 3 is 2.35 bits per heavy atom. The van der Waals surface area contributed by atoms with Gasteiger partial charge in [-0.25, -0.2) is 0 Å². The van der Waals surface area contributed by atoms with E-state index in [2.05, 4.69) is 28.2 Å². The van der Waals surface area contributed by atoms with Gasteiger partial charge in [-0.15, -0.1) is 0 Å². The number of carbonyl (C=O) groups is 1. The maximum atomic E-state index is 8.81. The minimum atomic E-state index is 0.750. The van der Waals surface area contributed by atoms with E-state index in [0.29, 0.717) is 0 Å². The summed E-state index contributed by atoms with van der Waals surface area (Å²) in [5, 5.41) is 10.7. The number of para-hydroxylation sites is 1. The first-order chi connectivity index (χ1) is 9.67. The fourth-order valence-corrected chi connectivity index (χ4v) is 2.26. The highest BCUT2D eigenvalue weighted by Crippen LogP contribution is 2.29. The minimum absolute atomic E-state index is 0.750. The van der Waals surface area contributed by atoms with Gasteiger partial charge in [0.05, 0.1) is 11.4 Å². The summed E-state index contributed by atoms with van der Waals surface area (Å²) in [4.78, 5) is 13.5. The van der Waals surface area contributed by atoms with Crippen molar-refractivity contribution >= 4 is 23.9 Å². The number of carbonyl (C=O) groups excluding carboxylic acids is 1. The predicted octanol–water partition coefficient (Wildman–Crippen LogP) is 1.68. The Morgan fingerprint density at radius 2 is 1.85 bits per heavy atom. The van der Waals surface area contributed by atoms with Crippen molar-refractivity contribution in [1.82, 2.24) is 4.90 Å². The van der Waals surface area contributed by atoms with Crippen molar-refractivity contribution in [3.05, 3.63) is 23.8 Å². The first kappa shape index (κ1) is 16.2. The Hall–Kier alpha value is -1.88. The fraction of sp³-hybridized carbons (Fsp3) is 0.467. The number of aldehydes is 1. The summed E-state index contributed by atoms with van der Waals surface area (Å²) < 4.78 is 0. The van der Waals surface area contributed by atoms with Crippen molar-refractivity contribution in [3.8, 4) is 0 Å². The van der Waals surface area contributed by atoms with Crippen molar-refractivity contribution < 1.29 is 4.79 Å². The van der Waals surface area contributed by atoms with Gasteiger partial charge in [0.1, 0.15) is 6.29 Å². The average Bonchev–Trinajstić information content (AvgIpc) is 2.48. The second-order valence-corrected chi connectivity index (χ2v) is 4.66. The van der Waals surface area contributed by atoms with Crippen molar-refractivity contribution in [3.63, 3.8) is 0 Å². The molecule has 20 heavy (non-hydrogen) atoms. The lowest BCUT2D eigenvalue weighted by Gasteiger charge is -2.35.